The van der Waals surface area contributed by atoms with E-state index in [4.69, 9.17) is 56.8 Å². The van der Waals surface area contributed by atoms with Crippen molar-refractivity contribution in [1.29, 1.82) is 0 Å². The molecule has 33 atom stereocenters. The average Bonchev–Trinajstić information content (AvgIpc) is 1.28. The number of hydrogen-bond acceptors (Lipinski definition) is 26. The molecule has 1 spiro atoms. The van der Waals surface area contributed by atoms with Gasteiger partial charge in [-0.2, -0.15) is 0 Å². The third-order valence-electron chi connectivity index (χ3n) is 24.2. The summed E-state index contributed by atoms with van der Waals surface area (Å²) >= 11 is 0. The molecule has 11 aliphatic rings. The molecular weight excluding hydrogens is 1140 g/mol. The first-order chi connectivity index (χ1) is 40.3. The fourth-order valence-corrected chi connectivity index (χ4v) is 19.0. The van der Waals surface area contributed by atoms with E-state index in [1.54, 1.807) is 0 Å². The third-order valence-corrected chi connectivity index (χ3v) is 24.2. The van der Waals surface area contributed by atoms with E-state index >= 15 is 0 Å². The van der Waals surface area contributed by atoms with Gasteiger partial charge in [0, 0.05) is 17.8 Å². The van der Waals surface area contributed by atoms with Crippen LogP contribution in [0.15, 0.2) is 0 Å². The lowest BCUT2D eigenvalue weighted by atomic mass is 9.30. The van der Waals surface area contributed by atoms with E-state index < -0.39 is 191 Å². The summed E-state index contributed by atoms with van der Waals surface area (Å²) in [5.41, 5.74) is -1.64. The van der Waals surface area contributed by atoms with Crippen molar-refractivity contribution in [1.82, 2.24) is 0 Å². The zero-order chi connectivity index (χ0) is 62.3. The largest absolute Gasteiger partial charge is 0.463 e. The van der Waals surface area contributed by atoms with E-state index in [1.807, 2.05) is 0 Å². The van der Waals surface area contributed by atoms with Gasteiger partial charge in [0.25, 0.3) is 0 Å². The van der Waals surface area contributed by atoms with Crippen LogP contribution in [0.3, 0.4) is 0 Å². The molecule has 0 amide bonds. The minimum absolute atomic E-state index is 0.111. The number of aliphatic hydroxyl groups excluding tert-OH is 13. The monoisotopic (exact) mass is 1230 g/mol. The Morgan fingerprint density at radius 3 is 1.86 bits per heavy atom. The van der Waals surface area contributed by atoms with Gasteiger partial charge >= 0.3 is 5.97 Å². The standard InChI is InChI=1S/C60H98O26/c1-25-36(65)41(70)44(73)50(79-25)84-46-39(68)28(20-61)80-53(48(46)86-49-43(72)37(66)27(63)21-76-49)82-30-23-77-52(47(40(30)69)85-51-45(74)42(71)38(67)29(81-51)22-75-26(2)62)83-35-12-13-56(7)31(55(35,5)6)10-14-57(8)32(56)11-15-60-33-18-54(3,4)16-17-59(33,24-78-60)34(64)19-58(57,60)9/h25,27-53,61,63-74H,10-24H2,1-9H3/t25-,27+,28+,29+,30-,31?,32?,33+,34+,35-,36-,37-,38+,39+,40-,41+,42-,43+,44+,45+,46-,47+,48+,49-,50-,51-,52-,53-,56-,57+,58-,59+,60-/m0/s1. The SMILES string of the molecule is CC(=O)OC[C@H]1O[C@@H](O[C@H]2[C@H](O[C@H]3CC[C@@]4(C)C(CC[C@]5(C)C4CC[C@]46OC[C@@]7(CCC(C)(C)C[C@H]74)[C@H](O)C[C@]65C)C3(C)C)OC[C@H](O[C@@H]3O[C@H](CO)[C@@H](O)[C@H](O[C@@H]4O[C@@H](C)[C@H](O)[C@@H](O)[C@H]4O)[C@H]3O[C@@H]3OC[C@@H](O)[C@H](O)[C@H]3O)[C@@H]2O)[C@H](O)[C@@H](O)[C@@H]1O. The molecule has 0 aromatic rings. The summed E-state index contributed by atoms with van der Waals surface area (Å²) in [6.45, 7) is 17.0. The lowest BCUT2D eigenvalue weighted by molar-refractivity contribution is -0.404. The molecule has 6 aliphatic heterocycles. The summed E-state index contributed by atoms with van der Waals surface area (Å²) < 4.78 is 74.6. The van der Waals surface area contributed by atoms with E-state index in [1.165, 1.54) is 6.92 Å². The van der Waals surface area contributed by atoms with Crippen LogP contribution in [-0.2, 0) is 61.6 Å². The molecule has 26 nitrogen and oxygen atoms in total. The van der Waals surface area contributed by atoms with Gasteiger partial charge in [-0.3, -0.25) is 4.79 Å². The smallest absolute Gasteiger partial charge is 0.302 e. The maximum Gasteiger partial charge on any atom is 0.302 e. The van der Waals surface area contributed by atoms with Crippen molar-refractivity contribution in [3.8, 4) is 0 Å². The summed E-state index contributed by atoms with van der Waals surface area (Å²) in [5.74, 6) is -0.0746. The lowest BCUT2D eigenvalue weighted by Gasteiger charge is -2.75. The van der Waals surface area contributed by atoms with Gasteiger partial charge in [0.05, 0.1) is 50.3 Å². The van der Waals surface area contributed by atoms with Gasteiger partial charge in [0.15, 0.2) is 31.5 Å². The molecule has 0 aromatic heterocycles. The van der Waals surface area contributed by atoms with Crippen LogP contribution >= 0.6 is 0 Å². The topological polar surface area (TPSA) is 391 Å². The summed E-state index contributed by atoms with van der Waals surface area (Å²) in [7, 11) is 0. The van der Waals surface area contributed by atoms with E-state index in [-0.39, 0.29) is 50.4 Å². The third kappa shape index (κ3) is 10.6. The highest BCUT2D eigenvalue weighted by Gasteiger charge is 2.80. The van der Waals surface area contributed by atoms with Crippen molar-refractivity contribution in [2.75, 3.05) is 33.0 Å². The maximum atomic E-state index is 12.8. The van der Waals surface area contributed by atoms with Crippen LogP contribution in [0, 0.1) is 50.2 Å². The predicted octanol–water partition coefficient (Wildman–Crippen LogP) is -1.65. The first-order valence-electron chi connectivity index (χ1n) is 31.3. The van der Waals surface area contributed by atoms with Gasteiger partial charge in [-0.25, -0.2) is 0 Å². The number of hydrogen-bond donors (Lipinski definition) is 13. The van der Waals surface area contributed by atoms with Crippen molar-refractivity contribution in [2.24, 2.45) is 50.2 Å². The molecule has 6 heterocycles. The minimum atomic E-state index is -1.96. The Balaban J connectivity index is 0.876. The van der Waals surface area contributed by atoms with E-state index in [0.717, 1.165) is 58.3 Å². The lowest BCUT2D eigenvalue weighted by Crippen LogP contribution is -2.74. The van der Waals surface area contributed by atoms with Crippen molar-refractivity contribution in [3.63, 3.8) is 0 Å². The Morgan fingerprint density at radius 2 is 1.16 bits per heavy atom. The second kappa shape index (κ2) is 23.8. The van der Waals surface area contributed by atoms with Crippen LogP contribution in [0.5, 0.6) is 0 Å². The summed E-state index contributed by atoms with van der Waals surface area (Å²) in [6, 6.07) is 0. The Morgan fingerprint density at radius 1 is 0.535 bits per heavy atom. The summed E-state index contributed by atoms with van der Waals surface area (Å²) in [6.07, 6.45) is -32.1. The zero-order valence-electron chi connectivity index (χ0n) is 50.9. The molecule has 6 saturated heterocycles. The first kappa shape index (κ1) is 66.0. The number of fused-ring (bicyclic) bond motifs is 4. The second-order valence-corrected chi connectivity index (χ2v) is 29.6. The molecule has 13 N–H and O–H groups in total. The Labute approximate surface area is 501 Å². The van der Waals surface area contributed by atoms with Crippen molar-refractivity contribution >= 4 is 5.97 Å². The molecule has 5 aliphatic carbocycles. The number of carbonyl (C=O) groups excluding carboxylic acids is 1. The predicted molar refractivity (Wildman–Crippen MR) is 291 cm³/mol. The summed E-state index contributed by atoms with van der Waals surface area (Å²) in [5, 5.41) is 145. The fraction of sp³-hybridized carbons (Fsp3) is 0.983. The second-order valence-electron chi connectivity index (χ2n) is 29.6. The molecule has 26 heteroatoms. The highest BCUT2D eigenvalue weighted by atomic mass is 16.8. The molecule has 2 bridgehead atoms. The molecular formula is C60H98O26. The Hall–Kier alpha value is -1.49. The van der Waals surface area contributed by atoms with Gasteiger partial charge in [-0.15, -0.1) is 0 Å². The van der Waals surface area contributed by atoms with Crippen LogP contribution in [-0.4, -0.2) is 265 Å². The Bertz CT molecular complexity index is 2390. The van der Waals surface area contributed by atoms with Crippen LogP contribution in [0.25, 0.3) is 0 Å². The van der Waals surface area contributed by atoms with Crippen molar-refractivity contribution in [3.05, 3.63) is 0 Å². The molecule has 494 valence electrons. The van der Waals surface area contributed by atoms with Gasteiger partial charge < -0.3 is 123 Å². The number of ether oxygens (including phenoxy) is 12. The van der Waals surface area contributed by atoms with Gasteiger partial charge in [0.2, 0.25) is 0 Å². The minimum Gasteiger partial charge on any atom is -0.463 e. The average molecular weight is 1240 g/mol. The fourth-order valence-electron chi connectivity index (χ4n) is 19.0. The number of carbonyl (C=O) groups is 1. The summed E-state index contributed by atoms with van der Waals surface area (Å²) in [4.78, 5) is 11.9. The molecule has 11 rings (SSSR count). The molecule has 5 saturated carbocycles. The van der Waals surface area contributed by atoms with Gasteiger partial charge in [-0.1, -0.05) is 48.5 Å². The highest BCUT2D eigenvalue weighted by Crippen LogP contribution is 2.80. The molecule has 0 aromatic carbocycles. The van der Waals surface area contributed by atoms with E-state index in [9.17, 15) is 71.2 Å². The van der Waals surface area contributed by atoms with Crippen LogP contribution in [0.1, 0.15) is 127 Å². The quantitative estimate of drug-likeness (QED) is 0.0726. The first-order valence-corrected chi connectivity index (χ1v) is 31.3. The Kier molecular flexibility index (Phi) is 18.3. The number of esters is 1. The van der Waals surface area contributed by atoms with Crippen molar-refractivity contribution in [2.45, 2.75) is 286 Å². The molecule has 86 heavy (non-hydrogen) atoms. The zero-order valence-corrected chi connectivity index (χ0v) is 50.9. The molecule has 0 radical (unpaired) electrons. The van der Waals surface area contributed by atoms with Crippen LogP contribution < -0.4 is 0 Å². The van der Waals surface area contributed by atoms with Crippen molar-refractivity contribution < 1.29 is 128 Å². The maximum absolute atomic E-state index is 12.8. The molecule has 11 fully saturated rings. The van der Waals surface area contributed by atoms with Crippen LogP contribution in [0.4, 0.5) is 0 Å². The van der Waals surface area contributed by atoms with Gasteiger partial charge in [-0.05, 0) is 111 Å². The highest BCUT2D eigenvalue weighted by molar-refractivity contribution is 5.65. The molecule has 2 unspecified atom stereocenters. The van der Waals surface area contributed by atoms with E-state index in [0.29, 0.717) is 19.4 Å². The van der Waals surface area contributed by atoms with E-state index in [2.05, 4.69) is 48.5 Å². The normalized spacial score (nSPS) is 55.9. The number of rotatable bonds is 13. The number of aliphatic hydroxyl groups is 13. The van der Waals surface area contributed by atoms with Crippen LogP contribution in [0.2, 0.25) is 0 Å². The van der Waals surface area contributed by atoms with Gasteiger partial charge in [0.1, 0.15) is 110 Å².